The summed E-state index contributed by atoms with van der Waals surface area (Å²) in [4.78, 5) is 25.5. The van der Waals surface area contributed by atoms with Gasteiger partial charge in [-0.3, -0.25) is 4.79 Å². The molecule has 0 bridgehead atoms. The largest absolute Gasteiger partial charge is 0.452 e. The molecule has 1 aromatic heterocycles. The maximum absolute atomic E-state index is 13.0. The van der Waals surface area contributed by atoms with Crippen LogP contribution in [0.3, 0.4) is 0 Å². The van der Waals surface area contributed by atoms with Gasteiger partial charge in [0.25, 0.3) is 0 Å². The van der Waals surface area contributed by atoms with Crippen molar-refractivity contribution < 1.29 is 19.1 Å². The van der Waals surface area contributed by atoms with Crippen molar-refractivity contribution in [1.29, 1.82) is 0 Å². The highest BCUT2D eigenvalue weighted by molar-refractivity contribution is 6.30. The highest BCUT2D eigenvalue weighted by Gasteiger charge is 2.30. The van der Waals surface area contributed by atoms with E-state index in [1.54, 1.807) is 49.4 Å². The second kappa shape index (κ2) is 7.70. The average Bonchev–Trinajstić information content (AvgIpc) is 3.25. The number of hydrogen-bond acceptors (Lipinski definition) is 4. The van der Waals surface area contributed by atoms with E-state index in [-0.39, 0.29) is 11.5 Å². The number of ketones is 1. The molecular formula is C26H18ClNO4. The Balaban J connectivity index is 1.45. The number of para-hydroxylation sites is 1. The fourth-order valence-electron chi connectivity index (χ4n) is 3.92. The van der Waals surface area contributed by atoms with Crippen molar-refractivity contribution in [1.82, 2.24) is 4.57 Å². The number of allylic oxidation sites excluding steroid dienone is 1. The zero-order valence-corrected chi connectivity index (χ0v) is 18.1. The predicted octanol–water partition coefficient (Wildman–Crippen LogP) is 5.98. The van der Waals surface area contributed by atoms with E-state index in [0.29, 0.717) is 33.2 Å². The Kier molecular flexibility index (Phi) is 4.83. The van der Waals surface area contributed by atoms with Crippen LogP contribution in [0.15, 0.2) is 72.6 Å². The summed E-state index contributed by atoms with van der Waals surface area (Å²) < 4.78 is 13.4. The third-order valence-corrected chi connectivity index (χ3v) is 5.70. The number of rotatable bonds is 3. The van der Waals surface area contributed by atoms with Crippen LogP contribution in [0.5, 0.6) is 11.5 Å². The third-order valence-electron chi connectivity index (χ3n) is 5.45. The Morgan fingerprint density at radius 1 is 1.09 bits per heavy atom. The second-order valence-electron chi connectivity index (χ2n) is 7.66. The van der Waals surface area contributed by atoms with Gasteiger partial charge in [0.2, 0.25) is 5.78 Å². The summed E-state index contributed by atoms with van der Waals surface area (Å²) in [7, 11) is 1.96. The van der Waals surface area contributed by atoms with Crippen LogP contribution in [0, 0.1) is 6.92 Å². The summed E-state index contributed by atoms with van der Waals surface area (Å²) in [5.41, 5.74) is 3.48. The molecule has 3 aromatic carbocycles. The minimum Gasteiger partial charge on any atom is -0.452 e. The van der Waals surface area contributed by atoms with Gasteiger partial charge in [0.1, 0.15) is 11.5 Å². The minimum atomic E-state index is -0.517. The van der Waals surface area contributed by atoms with Gasteiger partial charge in [-0.25, -0.2) is 4.79 Å². The summed E-state index contributed by atoms with van der Waals surface area (Å²) in [6.45, 7) is 1.79. The summed E-state index contributed by atoms with van der Waals surface area (Å²) in [6, 6.07) is 17.6. The Morgan fingerprint density at radius 2 is 1.84 bits per heavy atom. The molecule has 32 heavy (non-hydrogen) atoms. The van der Waals surface area contributed by atoms with Gasteiger partial charge in [0.15, 0.2) is 5.76 Å². The molecule has 0 atom stereocenters. The molecule has 0 unspecified atom stereocenters. The Morgan fingerprint density at radius 3 is 2.62 bits per heavy atom. The normalized spacial score (nSPS) is 14.0. The Bertz CT molecular complexity index is 1430. The lowest BCUT2D eigenvalue weighted by atomic mass is 10.0. The molecule has 1 aliphatic heterocycles. The van der Waals surface area contributed by atoms with Crippen LogP contribution in [0.4, 0.5) is 0 Å². The molecule has 0 aliphatic carbocycles. The molecule has 0 fully saturated rings. The van der Waals surface area contributed by atoms with Gasteiger partial charge in [-0.05, 0) is 55.0 Å². The number of aromatic nitrogens is 1. The van der Waals surface area contributed by atoms with Crippen molar-refractivity contribution in [3.8, 4) is 11.5 Å². The maximum Gasteiger partial charge on any atom is 0.343 e. The number of nitrogens with zero attached hydrogens (tertiary/aromatic N) is 1. The first-order valence-electron chi connectivity index (χ1n) is 10.0. The number of halogens is 1. The standard InChI is InChI=1S/C26H18ClNO4/c1-15-11-19(31-26(30)16-7-9-18(27)10-8-16)13-22-24(15)25(29)23(32-22)12-17-14-28(2)21-6-4-3-5-20(17)21/h3-14H,1-2H3/b23-12-. The number of carbonyl (C=O) groups is 2. The van der Waals surface area contributed by atoms with Crippen molar-refractivity contribution in [3.63, 3.8) is 0 Å². The summed E-state index contributed by atoms with van der Waals surface area (Å²) in [5, 5.41) is 1.57. The summed E-state index contributed by atoms with van der Waals surface area (Å²) >= 11 is 5.87. The molecule has 4 aromatic rings. The van der Waals surface area contributed by atoms with E-state index < -0.39 is 5.97 Å². The highest BCUT2D eigenvalue weighted by Crippen LogP contribution is 2.38. The molecule has 0 N–H and O–H groups in total. The summed E-state index contributed by atoms with van der Waals surface area (Å²) in [6.07, 6.45) is 3.72. The Labute approximate surface area is 189 Å². The van der Waals surface area contributed by atoms with Crippen molar-refractivity contribution in [2.24, 2.45) is 7.05 Å². The van der Waals surface area contributed by atoms with Gasteiger partial charge >= 0.3 is 5.97 Å². The highest BCUT2D eigenvalue weighted by atomic mass is 35.5. The number of ether oxygens (including phenoxy) is 2. The van der Waals surface area contributed by atoms with Crippen molar-refractivity contribution in [2.75, 3.05) is 0 Å². The molecule has 0 saturated heterocycles. The zero-order chi connectivity index (χ0) is 22.4. The Hall–Kier alpha value is -3.83. The molecule has 0 saturated carbocycles. The molecule has 2 heterocycles. The molecule has 0 radical (unpaired) electrons. The zero-order valence-electron chi connectivity index (χ0n) is 17.4. The van der Waals surface area contributed by atoms with E-state index >= 15 is 0 Å². The van der Waals surface area contributed by atoms with Gasteiger partial charge in [-0.15, -0.1) is 0 Å². The fraction of sp³-hybridized carbons (Fsp3) is 0.0769. The minimum absolute atomic E-state index is 0.194. The monoisotopic (exact) mass is 443 g/mol. The van der Waals surface area contributed by atoms with E-state index in [1.165, 1.54) is 0 Å². The molecule has 6 heteroatoms. The molecule has 158 valence electrons. The molecule has 5 nitrogen and oxygen atoms in total. The lowest BCUT2D eigenvalue weighted by molar-refractivity contribution is 0.0734. The van der Waals surface area contributed by atoms with Crippen molar-refractivity contribution >= 4 is 40.3 Å². The first-order chi connectivity index (χ1) is 15.4. The molecule has 0 spiro atoms. The lowest BCUT2D eigenvalue weighted by Crippen LogP contribution is -2.08. The maximum atomic E-state index is 13.0. The molecule has 0 amide bonds. The van der Waals surface area contributed by atoms with Crippen LogP contribution in [0.2, 0.25) is 5.02 Å². The van der Waals surface area contributed by atoms with Crippen LogP contribution in [-0.2, 0) is 7.05 Å². The van der Waals surface area contributed by atoms with E-state index in [0.717, 1.165) is 16.5 Å². The number of carbonyl (C=O) groups excluding carboxylic acids is 2. The van der Waals surface area contributed by atoms with E-state index in [9.17, 15) is 9.59 Å². The average molecular weight is 444 g/mol. The third kappa shape index (κ3) is 3.47. The van der Waals surface area contributed by atoms with E-state index in [1.807, 2.05) is 42.1 Å². The number of fused-ring (bicyclic) bond motifs is 2. The number of esters is 1. The molecular weight excluding hydrogens is 426 g/mol. The van der Waals surface area contributed by atoms with E-state index in [4.69, 9.17) is 21.1 Å². The van der Waals surface area contributed by atoms with Crippen molar-refractivity contribution in [3.05, 3.63) is 99.9 Å². The van der Waals surface area contributed by atoms with Gasteiger partial charge in [0.05, 0.1) is 11.1 Å². The molecule has 5 rings (SSSR count). The van der Waals surface area contributed by atoms with Crippen LogP contribution < -0.4 is 9.47 Å². The van der Waals surface area contributed by atoms with Crippen LogP contribution in [0.1, 0.15) is 31.8 Å². The number of aryl methyl sites for hydroxylation is 2. The van der Waals surface area contributed by atoms with Crippen LogP contribution >= 0.6 is 11.6 Å². The van der Waals surface area contributed by atoms with Crippen LogP contribution in [0.25, 0.3) is 17.0 Å². The van der Waals surface area contributed by atoms with Gasteiger partial charge in [-0.1, -0.05) is 29.8 Å². The predicted molar refractivity (Wildman–Crippen MR) is 123 cm³/mol. The van der Waals surface area contributed by atoms with Crippen molar-refractivity contribution in [2.45, 2.75) is 6.92 Å². The quantitative estimate of drug-likeness (QED) is 0.222. The number of benzene rings is 3. The topological polar surface area (TPSA) is 57.5 Å². The van der Waals surface area contributed by atoms with E-state index in [2.05, 4.69) is 0 Å². The van der Waals surface area contributed by atoms with Gasteiger partial charge < -0.3 is 14.0 Å². The fourth-order valence-corrected chi connectivity index (χ4v) is 4.04. The first kappa shape index (κ1) is 20.1. The van der Waals surface area contributed by atoms with Crippen LogP contribution in [-0.4, -0.2) is 16.3 Å². The van der Waals surface area contributed by atoms with Gasteiger partial charge in [-0.2, -0.15) is 0 Å². The number of Topliss-reactive ketones (excluding diaryl/α,β-unsaturated/α-hetero) is 1. The smallest absolute Gasteiger partial charge is 0.343 e. The molecule has 1 aliphatic rings. The summed E-state index contributed by atoms with van der Waals surface area (Å²) in [5.74, 6) is 0.208. The first-order valence-corrected chi connectivity index (χ1v) is 10.4. The number of hydrogen-bond donors (Lipinski definition) is 0. The van der Waals surface area contributed by atoms with Gasteiger partial charge in [0, 0.05) is 40.8 Å². The lowest BCUT2D eigenvalue weighted by Gasteiger charge is -2.08. The second-order valence-corrected chi connectivity index (χ2v) is 8.10. The SMILES string of the molecule is Cc1cc(OC(=O)c2ccc(Cl)cc2)cc2c1C(=O)/C(=C/c1cn(C)c3ccccc13)O2.